The fourth-order valence-electron chi connectivity index (χ4n) is 5.19. The molecule has 0 saturated carbocycles. The van der Waals surface area contributed by atoms with Gasteiger partial charge < -0.3 is 19.9 Å². The zero-order valence-electron chi connectivity index (χ0n) is 25.4. The number of aromatic nitrogens is 2. The highest BCUT2D eigenvalue weighted by molar-refractivity contribution is 7.99. The molecule has 1 aliphatic rings. The third-order valence-corrected chi connectivity index (χ3v) is 8.65. The zero-order valence-corrected chi connectivity index (χ0v) is 26.2. The lowest BCUT2D eigenvalue weighted by molar-refractivity contribution is -0.245. The average Bonchev–Trinajstić information content (AvgIpc) is 3.12. The van der Waals surface area contributed by atoms with E-state index in [0.29, 0.717) is 43.1 Å². The van der Waals surface area contributed by atoms with E-state index in [2.05, 4.69) is 27.4 Å². The maximum Gasteiger partial charge on any atom is 0.243 e. The molecule has 1 aliphatic heterocycles. The number of nitrogens with one attached hydrogen (secondary N) is 2. The molecule has 1 aromatic heterocycles. The van der Waals surface area contributed by atoms with Gasteiger partial charge in [0.2, 0.25) is 11.8 Å². The van der Waals surface area contributed by atoms with E-state index in [1.165, 1.54) is 0 Å². The van der Waals surface area contributed by atoms with Crippen molar-refractivity contribution >= 4 is 23.6 Å². The number of hydrogen-bond donors (Lipinski definition) is 4. The molecule has 4 aromatic rings. The molecule has 0 bridgehead atoms. The largest absolute Gasteiger partial charge is 0.392 e. The molecular weight excluding hydrogens is 604 g/mol. The Bertz CT molecular complexity index is 1570. The van der Waals surface area contributed by atoms with Gasteiger partial charge in [-0.2, -0.15) is 0 Å². The molecule has 46 heavy (non-hydrogen) atoms. The van der Waals surface area contributed by atoms with Gasteiger partial charge in [0.05, 0.1) is 18.8 Å². The van der Waals surface area contributed by atoms with E-state index in [1.54, 1.807) is 35.7 Å². The summed E-state index contributed by atoms with van der Waals surface area (Å²) in [4.78, 5) is 32.1. The van der Waals surface area contributed by atoms with E-state index in [9.17, 15) is 14.7 Å². The minimum atomic E-state index is -0.593. The maximum atomic E-state index is 12.3. The molecule has 1 saturated heterocycles. The van der Waals surface area contributed by atoms with Crippen molar-refractivity contribution in [2.75, 3.05) is 5.75 Å². The minimum absolute atomic E-state index is 0.0123. The van der Waals surface area contributed by atoms with Crippen LogP contribution in [-0.2, 0) is 32.2 Å². The van der Waals surface area contributed by atoms with Gasteiger partial charge in [-0.15, -0.1) is 0 Å². The van der Waals surface area contributed by atoms with Crippen molar-refractivity contribution in [2.24, 2.45) is 0 Å². The van der Waals surface area contributed by atoms with E-state index in [4.69, 9.17) is 14.7 Å². The third-order valence-electron chi connectivity index (χ3n) is 7.65. The Kier molecular flexibility index (Phi) is 12.3. The molecule has 0 aliphatic carbocycles. The molecule has 4 N–H and O–H groups in total. The van der Waals surface area contributed by atoms with E-state index < -0.39 is 12.2 Å². The Hall–Kier alpha value is -4.13. The van der Waals surface area contributed by atoms with Crippen LogP contribution in [0.2, 0.25) is 0 Å². The molecule has 5 rings (SSSR count). The molecule has 3 aromatic carbocycles. The molecule has 10 nitrogen and oxygen atoms in total. The quantitative estimate of drug-likeness (QED) is 0.0451. The number of nitrogens with zero attached hydrogens (tertiary/aromatic N) is 2. The van der Waals surface area contributed by atoms with E-state index in [1.807, 2.05) is 60.7 Å². The molecule has 2 heterocycles. The highest BCUT2D eigenvalue weighted by Gasteiger charge is 2.32. The van der Waals surface area contributed by atoms with Crippen molar-refractivity contribution in [3.8, 4) is 11.1 Å². The van der Waals surface area contributed by atoms with Gasteiger partial charge in [0.25, 0.3) is 0 Å². The summed E-state index contributed by atoms with van der Waals surface area (Å²) in [6.07, 6.45) is 4.80. The van der Waals surface area contributed by atoms with Gasteiger partial charge in [0.1, 0.15) is 0 Å². The highest BCUT2D eigenvalue weighted by Crippen LogP contribution is 2.40. The van der Waals surface area contributed by atoms with Crippen LogP contribution in [0.25, 0.3) is 11.1 Å². The lowest BCUT2D eigenvalue weighted by atomic mass is 9.99. The number of rotatable bonds is 14. The molecule has 3 atom stereocenters. The number of hydroxylamine groups is 1. The Balaban J connectivity index is 1.26. The van der Waals surface area contributed by atoms with Gasteiger partial charge in [0, 0.05) is 49.5 Å². The normalized spacial score (nSPS) is 17.7. The van der Waals surface area contributed by atoms with Crippen LogP contribution in [0.3, 0.4) is 0 Å². The Morgan fingerprint density at radius 3 is 2.28 bits per heavy atom. The van der Waals surface area contributed by atoms with E-state index in [0.717, 1.165) is 33.4 Å². The first-order chi connectivity index (χ1) is 22.5. The Labute approximate surface area is 272 Å². The summed E-state index contributed by atoms with van der Waals surface area (Å²) in [7, 11) is 0. The summed E-state index contributed by atoms with van der Waals surface area (Å²) in [5.41, 5.74) is 7.34. The second kappa shape index (κ2) is 17.0. The molecule has 0 spiro atoms. The van der Waals surface area contributed by atoms with E-state index in [-0.39, 0.29) is 31.1 Å². The predicted octanol–water partition coefficient (Wildman–Crippen LogP) is 5.66. The second-order valence-corrected chi connectivity index (χ2v) is 12.0. The standard InChI is InChI=1S/C35H38N4O6S/c40-22-24-12-14-26(15-13-24)31-20-30(23-46-35-36-16-5-17-37-35)44-34(45-31)29-9-4-8-28(19-29)27-7-3-6-25(18-27)21-38-32(41)10-1-2-11-33(42)39-43/h3-9,12-19,30-31,34,40,43H,1-2,10-11,20-23H2,(H,38,41)(H,39,42). The van der Waals surface area contributed by atoms with Crippen molar-refractivity contribution in [3.63, 3.8) is 0 Å². The lowest BCUT2D eigenvalue weighted by Gasteiger charge is -2.36. The van der Waals surface area contributed by atoms with Crippen molar-refractivity contribution in [1.29, 1.82) is 0 Å². The number of amides is 2. The molecule has 3 unspecified atom stereocenters. The summed E-state index contributed by atoms with van der Waals surface area (Å²) in [6, 6.07) is 25.8. The van der Waals surface area contributed by atoms with Gasteiger partial charge in [-0.1, -0.05) is 72.4 Å². The van der Waals surface area contributed by atoms with E-state index >= 15 is 0 Å². The number of carbonyl (C=O) groups excluding carboxylic acids is 2. The number of carbonyl (C=O) groups is 2. The summed E-state index contributed by atoms with van der Waals surface area (Å²) in [5.74, 6) is 0.129. The van der Waals surface area contributed by atoms with Crippen LogP contribution in [0.5, 0.6) is 0 Å². The topological polar surface area (TPSA) is 143 Å². The van der Waals surface area contributed by atoms with Gasteiger partial charge in [-0.3, -0.25) is 14.8 Å². The van der Waals surface area contributed by atoms with Crippen molar-refractivity contribution in [3.05, 3.63) is 114 Å². The first-order valence-electron chi connectivity index (χ1n) is 15.3. The van der Waals surface area contributed by atoms with Crippen LogP contribution in [0.15, 0.2) is 96.4 Å². The molecular formula is C35H38N4O6S. The zero-order chi connectivity index (χ0) is 32.1. The molecule has 240 valence electrons. The maximum absolute atomic E-state index is 12.3. The average molecular weight is 643 g/mol. The van der Waals surface area contributed by atoms with Crippen LogP contribution in [-0.4, -0.2) is 44.0 Å². The molecule has 1 fully saturated rings. The monoisotopic (exact) mass is 642 g/mol. The van der Waals surface area contributed by atoms with Gasteiger partial charge in [-0.25, -0.2) is 15.4 Å². The van der Waals surface area contributed by atoms with Crippen LogP contribution in [0.4, 0.5) is 0 Å². The van der Waals surface area contributed by atoms with Crippen LogP contribution in [0.1, 0.15) is 66.8 Å². The van der Waals surface area contributed by atoms with Gasteiger partial charge in [-0.05, 0) is 58.9 Å². The van der Waals surface area contributed by atoms with Crippen molar-refractivity contribution < 1.29 is 29.4 Å². The Morgan fingerprint density at radius 1 is 0.826 bits per heavy atom. The van der Waals surface area contributed by atoms with Crippen LogP contribution < -0.4 is 10.8 Å². The number of aliphatic hydroxyl groups is 1. The SMILES string of the molecule is O=C(CCCCC(=O)NCc1cccc(-c2cccc(C3OC(CSc4ncccn4)CC(c4ccc(CO)cc4)O3)c2)c1)NO. The first kappa shape index (κ1) is 33.2. The summed E-state index contributed by atoms with van der Waals surface area (Å²) >= 11 is 1.55. The molecule has 11 heteroatoms. The smallest absolute Gasteiger partial charge is 0.243 e. The summed E-state index contributed by atoms with van der Waals surface area (Å²) < 4.78 is 13.1. The number of unbranched alkanes of at least 4 members (excludes halogenated alkanes) is 1. The second-order valence-electron chi connectivity index (χ2n) is 11.0. The predicted molar refractivity (Wildman–Crippen MR) is 173 cm³/mol. The lowest BCUT2D eigenvalue weighted by Crippen LogP contribution is -2.31. The number of aliphatic hydroxyl groups excluding tert-OH is 1. The minimum Gasteiger partial charge on any atom is -0.392 e. The van der Waals surface area contributed by atoms with Crippen molar-refractivity contribution in [1.82, 2.24) is 20.8 Å². The number of hydrogen-bond acceptors (Lipinski definition) is 9. The summed E-state index contributed by atoms with van der Waals surface area (Å²) in [5, 5.41) is 21.7. The number of ether oxygens (including phenoxy) is 2. The van der Waals surface area contributed by atoms with Crippen molar-refractivity contribution in [2.45, 2.75) is 68.9 Å². The highest BCUT2D eigenvalue weighted by atomic mass is 32.2. The fourth-order valence-corrected chi connectivity index (χ4v) is 6.01. The Morgan fingerprint density at radius 2 is 1.54 bits per heavy atom. The van der Waals surface area contributed by atoms with Gasteiger partial charge in [0.15, 0.2) is 11.4 Å². The van der Waals surface area contributed by atoms with Crippen LogP contribution >= 0.6 is 11.8 Å². The number of benzene rings is 3. The van der Waals surface area contributed by atoms with Gasteiger partial charge >= 0.3 is 0 Å². The summed E-state index contributed by atoms with van der Waals surface area (Å²) in [6.45, 7) is 0.376. The van der Waals surface area contributed by atoms with Crippen LogP contribution in [0, 0.1) is 0 Å². The molecule has 2 amide bonds. The third kappa shape index (κ3) is 9.68. The molecule has 0 radical (unpaired) electrons. The first-order valence-corrected chi connectivity index (χ1v) is 16.3. The fraction of sp³-hybridized carbons (Fsp3) is 0.314. The number of thioether (sulfide) groups is 1.